The van der Waals surface area contributed by atoms with Crippen LogP contribution < -0.4 is 15.8 Å². The van der Waals surface area contributed by atoms with Crippen LogP contribution in [-0.4, -0.2) is 26.7 Å². The standard InChI is InChI=1S/C9H13N3O3S2/c10-7-1-3-8(4-2-7)17(14,15)12-9(13)11-5-6-16/h1-4,16H,5-6,10H2,(H2,11,12,13). The summed E-state index contributed by atoms with van der Waals surface area (Å²) in [5.41, 5.74) is 5.88. The Labute approximate surface area is 105 Å². The molecule has 0 spiro atoms. The monoisotopic (exact) mass is 275 g/mol. The maximum Gasteiger partial charge on any atom is 0.328 e. The predicted molar refractivity (Wildman–Crippen MR) is 68.4 cm³/mol. The van der Waals surface area contributed by atoms with Gasteiger partial charge in [-0.25, -0.2) is 17.9 Å². The molecule has 0 heterocycles. The van der Waals surface area contributed by atoms with Crippen molar-refractivity contribution in [2.75, 3.05) is 18.0 Å². The van der Waals surface area contributed by atoms with E-state index >= 15 is 0 Å². The van der Waals surface area contributed by atoms with Crippen molar-refractivity contribution >= 4 is 34.4 Å². The number of nitrogen functional groups attached to an aromatic ring is 1. The number of thiol groups is 1. The fourth-order valence-electron chi connectivity index (χ4n) is 1.03. The quantitative estimate of drug-likeness (QED) is 0.465. The van der Waals surface area contributed by atoms with Gasteiger partial charge in [0, 0.05) is 18.0 Å². The van der Waals surface area contributed by atoms with Crippen molar-refractivity contribution in [1.29, 1.82) is 0 Å². The number of anilines is 1. The molecule has 1 aromatic rings. The molecule has 4 N–H and O–H groups in total. The second kappa shape index (κ2) is 5.78. The van der Waals surface area contributed by atoms with Gasteiger partial charge in [0.2, 0.25) is 0 Å². The third kappa shape index (κ3) is 4.16. The molecule has 17 heavy (non-hydrogen) atoms. The Kier molecular flexibility index (Phi) is 4.64. The molecule has 0 saturated heterocycles. The Morgan fingerprint density at radius 1 is 1.29 bits per heavy atom. The number of benzene rings is 1. The lowest BCUT2D eigenvalue weighted by atomic mass is 10.3. The number of hydrogen-bond acceptors (Lipinski definition) is 5. The topological polar surface area (TPSA) is 101 Å². The lowest BCUT2D eigenvalue weighted by Crippen LogP contribution is -2.40. The SMILES string of the molecule is Nc1ccc(S(=O)(=O)NC(=O)NCCS)cc1. The normalized spacial score (nSPS) is 10.9. The highest BCUT2D eigenvalue weighted by molar-refractivity contribution is 7.90. The minimum Gasteiger partial charge on any atom is -0.399 e. The largest absolute Gasteiger partial charge is 0.399 e. The molecule has 0 radical (unpaired) electrons. The maximum absolute atomic E-state index is 11.7. The van der Waals surface area contributed by atoms with Gasteiger partial charge in [-0.15, -0.1) is 0 Å². The van der Waals surface area contributed by atoms with Crippen molar-refractivity contribution in [3.63, 3.8) is 0 Å². The highest BCUT2D eigenvalue weighted by Crippen LogP contribution is 2.10. The van der Waals surface area contributed by atoms with Gasteiger partial charge in [-0.3, -0.25) is 0 Å². The number of nitrogens with two attached hydrogens (primary N) is 1. The van der Waals surface area contributed by atoms with Crippen molar-refractivity contribution in [2.24, 2.45) is 0 Å². The second-order valence-electron chi connectivity index (χ2n) is 3.15. The van der Waals surface area contributed by atoms with Crippen LogP contribution in [0.2, 0.25) is 0 Å². The number of sulfonamides is 1. The summed E-state index contributed by atoms with van der Waals surface area (Å²) in [6.07, 6.45) is 0. The number of urea groups is 1. The summed E-state index contributed by atoms with van der Waals surface area (Å²) in [5.74, 6) is 0.426. The first-order valence-corrected chi connectivity index (χ1v) is 6.84. The minimum absolute atomic E-state index is 0.0206. The van der Waals surface area contributed by atoms with E-state index in [-0.39, 0.29) is 11.4 Å². The third-order valence-electron chi connectivity index (χ3n) is 1.81. The van der Waals surface area contributed by atoms with Crippen molar-refractivity contribution in [3.05, 3.63) is 24.3 Å². The molecule has 2 amide bonds. The first-order valence-electron chi connectivity index (χ1n) is 4.73. The summed E-state index contributed by atoms with van der Waals surface area (Å²) in [6, 6.07) is 4.75. The summed E-state index contributed by atoms with van der Waals surface area (Å²) in [5, 5.41) is 2.34. The number of carbonyl (C=O) groups is 1. The van der Waals surface area contributed by atoms with Crippen LogP contribution in [0, 0.1) is 0 Å². The Balaban J connectivity index is 2.75. The van der Waals surface area contributed by atoms with Crippen molar-refractivity contribution in [1.82, 2.24) is 10.0 Å². The fraction of sp³-hybridized carbons (Fsp3) is 0.222. The molecule has 6 nitrogen and oxygen atoms in total. The van der Waals surface area contributed by atoms with E-state index in [4.69, 9.17) is 5.73 Å². The molecule has 0 unspecified atom stereocenters. The molecule has 0 atom stereocenters. The molecule has 0 fully saturated rings. The number of nitrogens with one attached hydrogen (secondary N) is 2. The first kappa shape index (κ1) is 13.7. The Hall–Kier alpha value is -1.41. The smallest absolute Gasteiger partial charge is 0.328 e. The molecular formula is C9H13N3O3S2. The fourth-order valence-corrected chi connectivity index (χ4v) is 2.07. The van der Waals surface area contributed by atoms with Crippen LogP contribution in [0.25, 0.3) is 0 Å². The van der Waals surface area contributed by atoms with Crippen molar-refractivity contribution in [3.8, 4) is 0 Å². The van der Waals surface area contributed by atoms with E-state index in [1.807, 2.05) is 4.72 Å². The van der Waals surface area contributed by atoms with Crippen LogP contribution in [0.1, 0.15) is 0 Å². The second-order valence-corrected chi connectivity index (χ2v) is 5.28. The minimum atomic E-state index is -3.85. The van der Waals surface area contributed by atoms with Crippen LogP contribution in [0.4, 0.5) is 10.5 Å². The van der Waals surface area contributed by atoms with Crippen LogP contribution >= 0.6 is 12.6 Å². The molecule has 1 aromatic carbocycles. The molecular weight excluding hydrogens is 262 g/mol. The molecule has 8 heteroatoms. The van der Waals surface area contributed by atoms with Crippen LogP contribution in [0.5, 0.6) is 0 Å². The van der Waals surface area contributed by atoms with Gasteiger partial charge < -0.3 is 11.1 Å². The van der Waals surface area contributed by atoms with Crippen LogP contribution in [-0.2, 0) is 10.0 Å². The summed E-state index contributed by atoms with van der Waals surface area (Å²) in [6.45, 7) is 0.284. The van der Waals surface area contributed by atoms with E-state index in [0.29, 0.717) is 11.4 Å². The zero-order valence-electron chi connectivity index (χ0n) is 8.88. The van der Waals surface area contributed by atoms with Gasteiger partial charge in [0.1, 0.15) is 0 Å². The van der Waals surface area contributed by atoms with Crippen molar-refractivity contribution in [2.45, 2.75) is 4.90 Å². The number of amides is 2. The summed E-state index contributed by atoms with van der Waals surface area (Å²) in [4.78, 5) is 11.2. The Morgan fingerprint density at radius 3 is 2.41 bits per heavy atom. The molecule has 0 aliphatic rings. The van der Waals surface area contributed by atoms with Gasteiger partial charge in [0.05, 0.1) is 4.90 Å². The van der Waals surface area contributed by atoms with Gasteiger partial charge in [0.25, 0.3) is 10.0 Å². The van der Waals surface area contributed by atoms with Gasteiger partial charge in [0.15, 0.2) is 0 Å². The summed E-state index contributed by atoms with van der Waals surface area (Å²) < 4.78 is 25.2. The highest BCUT2D eigenvalue weighted by atomic mass is 32.2. The molecule has 0 aliphatic carbocycles. The van der Waals surface area contributed by atoms with Gasteiger partial charge in [-0.05, 0) is 24.3 Å². The summed E-state index contributed by atoms with van der Waals surface area (Å²) >= 11 is 3.88. The van der Waals surface area contributed by atoms with Gasteiger partial charge in [-0.1, -0.05) is 0 Å². The van der Waals surface area contributed by atoms with Crippen LogP contribution in [0.3, 0.4) is 0 Å². The predicted octanol–water partition coefficient (Wildman–Crippen LogP) is 0.186. The third-order valence-corrected chi connectivity index (χ3v) is 3.39. The lowest BCUT2D eigenvalue weighted by Gasteiger charge is -2.07. The summed E-state index contributed by atoms with van der Waals surface area (Å²) in [7, 11) is -3.85. The average Bonchev–Trinajstić information content (AvgIpc) is 2.26. The van der Waals surface area contributed by atoms with E-state index in [0.717, 1.165) is 0 Å². The Morgan fingerprint density at radius 2 is 1.88 bits per heavy atom. The van der Waals surface area contributed by atoms with E-state index in [2.05, 4.69) is 17.9 Å². The molecule has 1 rings (SSSR count). The molecule has 0 saturated carbocycles. The molecule has 0 aromatic heterocycles. The van der Waals surface area contributed by atoms with Crippen LogP contribution in [0.15, 0.2) is 29.2 Å². The maximum atomic E-state index is 11.7. The molecule has 0 bridgehead atoms. The zero-order chi connectivity index (χ0) is 12.9. The highest BCUT2D eigenvalue weighted by Gasteiger charge is 2.16. The first-order chi connectivity index (χ1) is 7.95. The van der Waals surface area contributed by atoms with Gasteiger partial charge >= 0.3 is 6.03 Å². The average molecular weight is 275 g/mol. The van der Waals surface area contributed by atoms with E-state index in [9.17, 15) is 13.2 Å². The lowest BCUT2D eigenvalue weighted by molar-refractivity contribution is 0.246. The molecule has 0 aliphatic heterocycles. The van der Waals surface area contributed by atoms with E-state index in [1.54, 1.807) is 0 Å². The Bertz CT molecular complexity index is 485. The molecule has 94 valence electrons. The number of rotatable bonds is 4. The van der Waals surface area contributed by atoms with Gasteiger partial charge in [-0.2, -0.15) is 12.6 Å². The van der Waals surface area contributed by atoms with E-state index in [1.165, 1.54) is 24.3 Å². The van der Waals surface area contributed by atoms with Crippen molar-refractivity contribution < 1.29 is 13.2 Å². The van der Waals surface area contributed by atoms with E-state index < -0.39 is 16.1 Å². The number of hydrogen-bond donors (Lipinski definition) is 4. The zero-order valence-corrected chi connectivity index (χ0v) is 10.6. The number of carbonyl (C=O) groups excluding carboxylic acids is 1.